The van der Waals surface area contributed by atoms with E-state index in [9.17, 15) is 9.18 Å². The molecular weight excluding hydrogens is 363 g/mol. The van der Waals surface area contributed by atoms with Crippen molar-refractivity contribution in [2.45, 2.75) is 19.4 Å². The number of hydrogen-bond acceptors (Lipinski definition) is 2. The molecule has 1 atom stereocenters. The third-order valence-electron chi connectivity index (χ3n) is 5.02. The Hall–Kier alpha value is -3.53. The molecule has 4 heteroatoms. The lowest BCUT2D eigenvalue weighted by atomic mass is 10.0. The fourth-order valence-electron chi connectivity index (χ4n) is 3.47. The Bertz CT molecular complexity index is 1140. The minimum Gasteiger partial charge on any atom is -0.345 e. The molecule has 0 unspecified atom stereocenters. The number of nitrogens with zero attached hydrogens (tertiary/aromatic N) is 1. The van der Waals surface area contributed by atoms with Gasteiger partial charge in [-0.3, -0.25) is 4.79 Å². The van der Waals surface area contributed by atoms with Gasteiger partial charge in [-0.1, -0.05) is 55.5 Å². The number of pyridine rings is 1. The summed E-state index contributed by atoms with van der Waals surface area (Å²) in [5.41, 5.74) is 3.76. The lowest BCUT2D eigenvalue weighted by molar-refractivity contribution is 0.0937. The third-order valence-corrected chi connectivity index (χ3v) is 5.02. The molecule has 0 fully saturated rings. The maximum atomic E-state index is 13.3. The summed E-state index contributed by atoms with van der Waals surface area (Å²) in [6.45, 7) is 2.05. The normalized spacial score (nSPS) is 11.9. The first-order valence-electron chi connectivity index (χ1n) is 9.67. The molecule has 3 nitrogen and oxygen atoms in total. The van der Waals surface area contributed by atoms with E-state index in [1.807, 2.05) is 61.5 Å². The van der Waals surface area contributed by atoms with Crippen molar-refractivity contribution < 1.29 is 9.18 Å². The summed E-state index contributed by atoms with van der Waals surface area (Å²) in [6.07, 6.45) is 0.781. The number of carbonyl (C=O) groups is 1. The SMILES string of the molecule is CC[C@H](NC(=O)c1cc(-c2ccc(F)cc2)nc2ccccc12)c1ccccc1. The molecule has 1 amide bonds. The van der Waals surface area contributed by atoms with Crippen molar-refractivity contribution >= 4 is 16.8 Å². The molecule has 0 aliphatic heterocycles. The number of amides is 1. The van der Waals surface area contributed by atoms with E-state index in [2.05, 4.69) is 10.3 Å². The first-order valence-corrected chi connectivity index (χ1v) is 9.67. The molecule has 1 N–H and O–H groups in total. The van der Waals surface area contributed by atoms with Gasteiger partial charge in [0.25, 0.3) is 5.91 Å². The maximum Gasteiger partial charge on any atom is 0.252 e. The molecule has 4 aromatic rings. The average Bonchev–Trinajstić information content (AvgIpc) is 2.77. The van der Waals surface area contributed by atoms with Gasteiger partial charge in [0.1, 0.15) is 5.82 Å². The second-order valence-corrected chi connectivity index (χ2v) is 6.92. The number of hydrogen-bond donors (Lipinski definition) is 1. The van der Waals surface area contributed by atoms with Gasteiger partial charge in [0.15, 0.2) is 0 Å². The summed E-state index contributed by atoms with van der Waals surface area (Å²) in [4.78, 5) is 17.9. The first-order chi connectivity index (χ1) is 14.2. The maximum absolute atomic E-state index is 13.3. The zero-order valence-corrected chi connectivity index (χ0v) is 16.1. The number of carbonyl (C=O) groups excluding carboxylic acids is 1. The van der Waals surface area contributed by atoms with Crippen LogP contribution >= 0.6 is 0 Å². The van der Waals surface area contributed by atoms with Gasteiger partial charge >= 0.3 is 0 Å². The van der Waals surface area contributed by atoms with Crippen molar-refractivity contribution in [2.24, 2.45) is 0 Å². The van der Waals surface area contributed by atoms with Crippen molar-refractivity contribution in [3.05, 3.63) is 102 Å². The van der Waals surface area contributed by atoms with E-state index >= 15 is 0 Å². The van der Waals surface area contributed by atoms with Crippen LogP contribution in [0.4, 0.5) is 4.39 Å². The molecule has 0 saturated heterocycles. The molecule has 144 valence electrons. The van der Waals surface area contributed by atoms with Crippen molar-refractivity contribution in [2.75, 3.05) is 0 Å². The van der Waals surface area contributed by atoms with Gasteiger partial charge in [-0.15, -0.1) is 0 Å². The summed E-state index contributed by atoms with van der Waals surface area (Å²) < 4.78 is 13.3. The molecule has 29 heavy (non-hydrogen) atoms. The van der Waals surface area contributed by atoms with Crippen LogP contribution < -0.4 is 5.32 Å². The second-order valence-electron chi connectivity index (χ2n) is 6.92. The third kappa shape index (κ3) is 4.02. The van der Waals surface area contributed by atoms with E-state index < -0.39 is 0 Å². The summed E-state index contributed by atoms with van der Waals surface area (Å²) >= 11 is 0. The Morgan fingerprint density at radius 1 is 0.966 bits per heavy atom. The van der Waals surface area contributed by atoms with Crippen molar-refractivity contribution in [3.8, 4) is 11.3 Å². The van der Waals surface area contributed by atoms with Crippen molar-refractivity contribution in [3.63, 3.8) is 0 Å². The zero-order valence-electron chi connectivity index (χ0n) is 16.1. The van der Waals surface area contributed by atoms with E-state index in [1.54, 1.807) is 18.2 Å². The molecule has 0 radical (unpaired) electrons. The molecule has 0 aliphatic rings. The van der Waals surface area contributed by atoms with Crippen LogP contribution in [0.15, 0.2) is 84.9 Å². The van der Waals surface area contributed by atoms with E-state index in [1.165, 1.54) is 12.1 Å². The topological polar surface area (TPSA) is 42.0 Å². The Balaban J connectivity index is 1.75. The van der Waals surface area contributed by atoms with E-state index in [0.717, 1.165) is 28.5 Å². The fourth-order valence-corrected chi connectivity index (χ4v) is 3.47. The van der Waals surface area contributed by atoms with E-state index in [-0.39, 0.29) is 17.8 Å². The minimum absolute atomic E-state index is 0.0788. The highest BCUT2D eigenvalue weighted by Crippen LogP contribution is 2.26. The van der Waals surface area contributed by atoms with E-state index in [0.29, 0.717) is 11.3 Å². The van der Waals surface area contributed by atoms with Crippen LogP contribution in [0.25, 0.3) is 22.2 Å². The second kappa shape index (κ2) is 8.23. The highest BCUT2D eigenvalue weighted by Gasteiger charge is 2.18. The van der Waals surface area contributed by atoms with Gasteiger partial charge in [-0.2, -0.15) is 0 Å². The van der Waals surface area contributed by atoms with Crippen molar-refractivity contribution in [1.29, 1.82) is 0 Å². The number of aromatic nitrogens is 1. The summed E-state index contributed by atoms with van der Waals surface area (Å²) in [5.74, 6) is -0.455. The standard InChI is InChI=1S/C25H21FN2O/c1-2-22(17-8-4-3-5-9-17)28-25(29)21-16-24(18-12-14-19(26)15-13-18)27-23-11-7-6-10-20(21)23/h3-16,22H,2H2,1H3,(H,28,29)/t22-/m0/s1. The Labute approximate surface area is 169 Å². The fraction of sp³-hybridized carbons (Fsp3) is 0.120. The lowest BCUT2D eigenvalue weighted by Crippen LogP contribution is -2.28. The molecule has 0 saturated carbocycles. The molecule has 1 heterocycles. The summed E-state index contributed by atoms with van der Waals surface area (Å²) in [5, 5.41) is 3.94. The van der Waals surface area contributed by atoms with Crippen LogP contribution in [0.1, 0.15) is 35.3 Å². The van der Waals surface area contributed by atoms with Crippen LogP contribution in [0.5, 0.6) is 0 Å². The highest BCUT2D eigenvalue weighted by atomic mass is 19.1. The van der Waals surface area contributed by atoms with Gasteiger partial charge in [-0.25, -0.2) is 9.37 Å². The van der Waals surface area contributed by atoms with Gasteiger partial charge in [-0.05, 0) is 48.4 Å². The first kappa shape index (κ1) is 18.8. The Morgan fingerprint density at radius 2 is 1.66 bits per heavy atom. The molecule has 1 aromatic heterocycles. The van der Waals surface area contributed by atoms with Crippen LogP contribution in [0, 0.1) is 5.82 Å². The molecule has 4 rings (SSSR count). The number of benzene rings is 3. The van der Waals surface area contributed by atoms with Gasteiger partial charge in [0.2, 0.25) is 0 Å². The predicted octanol–water partition coefficient (Wildman–Crippen LogP) is 5.92. The quantitative estimate of drug-likeness (QED) is 0.464. The van der Waals surface area contributed by atoms with E-state index in [4.69, 9.17) is 0 Å². The van der Waals surface area contributed by atoms with Gasteiger partial charge in [0.05, 0.1) is 22.8 Å². The van der Waals surface area contributed by atoms with Crippen LogP contribution in [0.3, 0.4) is 0 Å². The number of rotatable bonds is 5. The molecule has 0 bridgehead atoms. The van der Waals surface area contributed by atoms with Crippen LogP contribution in [0.2, 0.25) is 0 Å². The highest BCUT2D eigenvalue weighted by molar-refractivity contribution is 6.07. The number of halogens is 1. The molecular formula is C25H21FN2O. The van der Waals surface area contributed by atoms with Gasteiger partial charge < -0.3 is 5.32 Å². The van der Waals surface area contributed by atoms with Crippen molar-refractivity contribution in [1.82, 2.24) is 10.3 Å². The smallest absolute Gasteiger partial charge is 0.252 e. The Morgan fingerprint density at radius 3 is 2.38 bits per heavy atom. The monoisotopic (exact) mass is 384 g/mol. The molecule has 0 spiro atoms. The number of para-hydroxylation sites is 1. The van der Waals surface area contributed by atoms with Crippen LogP contribution in [-0.2, 0) is 0 Å². The summed E-state index contributed by atoms with van der Waals surface area (Å²) in [6, 6.07) is 25.3. The van der Waals surface area contributed by atoms with Crippen LogP contribution in [-0.4, -0.2) is 10.9 Å². The largest absolute Gasteiger partial charge is 0.345 e. The minimum atomic E-state index is -0.304. The number of fused-ring (bicyclic) bond motifs is 1. The molecule has 3 aromatic carbocycles. The lowest BCUT2D eigenvalue weighted by Gasteiger charge is -2.18. The number of nitrogens with one attached hydrogen (secondary N) is 1. The molecule has 0 aliphatic carbocycles. The average molecular weight is 384 g/mol. The Kier molecular flexibility index (Phi) is 5.34. The zero-order chi connectivity index (χ0) is 20.2. The van der Waals surface area contributed by atoms with Gasteiger partial charge in [0, 0.05) is 10.9 Å². The summed E-state index contributed by atoms with van der Waals surface area (Å²) in [7, 11) is 0. The predicted molar refractivity (Wildman–Crippen MR) is 114 cm³/mol.